The lowest BCUT2D eigenvalue weighted by molar-refractivity contribution is -0.138. The Labute approximate surface area is 711 Å². The fraction of sp³-hybridized carbons (Fsp3) is 0.825. The quantitative estimate of drug-likeness (QED) is 0.0283. The smallest absolute Gasteiger partial charge is 0.410 e. The predicted octanol–water partition coefficient (Wildman–Crippen LogP) is 4.94. The number of unbranched alkanes of at least 4 members (excludes halogenated alkanes) is 16. The number of ether oxygens (including phenoxy) is 8. The van der Waals surface area contributed by atoms with E-state index in [0.717, 1.165) is 107 Å². The van der Waals surface area contributed by atoms with Gasteiger partial charge in [-0.1, -0.05) is 91.9 Å². The lowest BCUT2D eigenvalue weighted by Gasteiger charge is -2.22. The predicted molar refractivity (Wildman–Crippen MR) is 451 cm³/mol. The van der Waals surface area contributed by atoms with Crippen LogP contribution in [0.4, 0.5) is 19.2 Å². The summed E-state index contributed by atoms with van der Waals surface area (Å²) < 4.78 is 42.6. The SMILES string of the molecule is CCN(CC)C(=O)OCCOCCOCCOC(=O)N(CC(=O)NCCCCCCC(=O)O)CC(=O)NCCCCCCC(=O)O.CCNCC.CCNCC.NCCCCCCC(=O)NCCN(CCNC(=O)CCCCCN)C(=O)OCCOCCOCCOC(=O)N(CC(=O)NCCCCCCC(=O)O)CC(=O)NCCCCCC(=O)O. The van der Waals surface area contributed by atoms with Crippen molar-refractivity contribution in [3.63, 3.8) is 0 Å². The van der Waals surface area contributed by atoms with Crippen LogP contribution in [0.15, 0.2) is 0 Å². The zero-order valence-corrected chi connectivity index (χ0v) is 73.1. The molecule has 40 nitrogen and oxygen atoms in total. The van der Waals surface area contributed by atoms with Gasteiger partial charge in [0.15, 0.2) is 0 Å². The normalized spacial score (nSPS) is 10.5. The number of nitrogens with zero attached hydrogens (tertiary/aromatic N) is 4. The Kier molecular flexibility index (Phi) is 88.0. The van der Waals surface area contributed by atoms with Gasteiger partial charge in [0.05, 0.1) is 52.9 Å². The molecule has 40 heteroatoms. The van der Waals surface area contributed by atoms with Gasteiger partial charge >= 0.3 is 48.3 Å². The number of nitrogens with two attached hydrogens (primary N) is 2. The van der Waals surface area contributed by atoms with Gasteiger partial charge in [0.25, 0.3) is 0 Å². The summed E-state index contributed by atoms with van der Waals surface area (Å²) >= 11 is 0. The molecule has 0 bridgehead atoms. The molecule has 0 aliphatic carbocycles. The molecule has 0 heterocycles. The van der Waals surface area contributed by atoms with E-state index in [4.69, 9.17) is 69.8 Å². The van der Waals surface area contributed by atoms with Crippen molar-refractivity contribution in [2.24, 2.45) is 11.5 Å². The topological polar surface area (TPSA) is 555 Å². The Bertz CT molecular complexity index is 2590. The number of amides is 10. The standard InChI is InChI=1S/C42H78N8O14.C30H54N4O12.2C4H11N/c43-19-11-3-1-7-15-35(51)47-23-25-49(26-24-48-36(52)16-8-5-12-20-44)41(59)63-31-29-61-27-28-62-30-32-64-42(60)50(34-38(54)46-22-14-6-10-18-40(57)58)33-37(53)45-21-13-4-2-9-17-39(55)56;1-3-33(4-2)29(41)45-21-19-43-17-18-44-20-22-46-30(42)34(23-25(35)31-15-11-7-5-9-13-27(37)38)24-26(36)32-16-12-8-6-10-14-28(39)40;2*1-3-5-4-2/h1-34,43-44H2,(H,45,53)(H,46,54)(H,47,51)(H,48,52)(H,55,56)(H,57,58);3-24H2,1-2H3,(H,31,35)(H,32,36)(H,37,38)(H,39,40);2*5H,3-4H2,1-2H3. The van der Waals surface area contributed by atoms with E-state index in [0.29, 0.717) is 129 Å². The molecule has 0 aromatic carbocycles. The molecule has 0 saturated heterocycles. The van der Waals surface area contributed by atoms with Crippen molar-refractivity contribution in [1.29, 1.82) is 0 Å². The Hall–Kier alpha value is -8.54. The summed E-state index contributed by atoms with van der Waals surface area (Å²) in [5, 5.41) is 57.5. The molecule has 0 unspecified atom stereocenters. The molecule has 0 saturated carbocycles. The van der Waals surface area contributed by atoms with E-state index in [1.807, 2.05) is 13.8 Å². The van der Waals surface area contributed by atoms with Crippen LogP contribution in [0.3, 0.4) is 0 Å². The minimum atomic E-state index is -0.909. The first-order chi connectivity index (χ1) is 57.8. The zero-order valence-electron chi connectivity index (χ0n) is 73.1. The number of rotatable bonds is 76. The number of aliphatic carboxylic acids is 4. The van der Waals surface area contributed by atoms with Crippen LogP contribution in [-0.4, -0.2) is 334 Å². The molecule has 0 spiro atoms. The van der Waals surface area contributed by atoms with E-state index < -0.39 is 98.1 Å². The fourth-order valence-corrected chi connectivity index (χ4v) is 10.3. The second kappa shape index (κ2) is 89.7. The van der Waals surface area contributed by atoms with Crippen LogP contribution in [0.25, 0.3) is 0 Å². The van der Waals surface area contributed by atoms with Crippen molar-refractivity contribution in [3.8, 4) is 0 Å². The Morgan fingerprint density at radius 1 is 0.250 bits per heavy atom. The second-order valence-corrected chi connectivity index (χ2v) is 27.2. The maximum Gasteiger partial charge on any atom is 0.410 e. The third-order valence-electron chi connectivity index (χ3n) is 16.9. The van der Waals surface area contributed by atoms with Gasteiger partial charge in [0.1, 0.15) is 52.6 Å². The molecule has 16 N–H and O–H groups in total. The number of hydrogen-bond donors (Lipinski definition) is 14. The summed E-state index contributed by atoms with van der Waals surface area (Å²) in [6.45, 7) is 19.9. The van der Waals surface area contributed by atoms with Crippen molar-refractivity contribution in [2.45, 2.75) is 221 Å². The van der Waals surface area contributed by atoms with Gasteiger partial charge < -0.3 is 122 Å². The first kappa shape index (κ1) is 118. The molecule has 0 atom stereocenters. The minimum absolute atomic E-state index is 0.0153. The molecule has 0 aromatic heterocycles. The van der Waals surface area contributed by atoms with Gasteiger partial charge in [-0.15, -0.1) is 0 Å². The molecule has 0 aromatic rings. The van der Waals surface area contributed by atoms with Gasteiger partial charge in [0.2, 0.25) is 35.4 Å². The number of carboxylic acids is 4. The highest BCUT2D eigenvalue weighted by molar-refractivity contribution is 5.88. The molecule has 120 heavy (non-hydrogen) atoms. The van der Waals surface area contributed by atoms with E-state index in [2.05, 4.69) is 70.2 Å². The molecule has 0 aliphatic heterocycles. The number of hydrogen-bond acceptors (Lipinski definition) is 26. The van der Waals surface area contributed by atoms with E-state index in [-0.39, 0.29) is 150 Å². The van der Waals surface area contributed by atoms with Crippen molar-refractivity contribution >= 4 is 83.7 Å². The molecule has 0 radical (unpaired) electrons. The highest BCUT2D eigenvalue weighted by atomic mass is 16.6. The number of nitrogens with one attached hydrogen (secondary N) is 8. The minimum Gasteiger partial charge on any atom is -0.481 e. The van der Waals surface area contributed by atoms with Crippen LogP contribution in [0.2, 0.25) is 0 Å². The Morgan fingerprint density at radius 2 is 0.467 bits per heavy atom. The summed E-state index contributed by atoms with van der Waals surface area (Å²) in [5.74, 6) is -5.65. The molecular weight excluding hydrogens is 1570 g/mol. The molecule has 0 rings (SSSR count). The van der Waals surface area contributed by atoms with Crippen LogP contribution < -0.4 is 54.0 Å². The van der Waals surface area contributed by atoms with Crippen molar-refractivity contribution in [1.82, 2.24) is 62.1 Å². The van der Waals surface area contributed by atoms with Crippen molar-refractivity contribution < 1.29 is 125 Å². The third kappa shape index (κ3) is 87.3. The van der Waals surface area contributed by atoms with Gasteiger partial charge in [-0.2, -0.15) is 0 Å². The number of carboxylic acid groups (broad SMARTS) is 4. The summed E-state index contributed by atoms with van der Waals surface area (Å²) in [6.07, 6.45) is 13.7. The molecular formula is C80H154N14O26. The van der Waals surface area contributed by atoms with E-state index >= 15 is 0 Å². The monoisotopic (exact) mass is 1730 g/mol. The summed E-state index contributed by atoms with van der Waals surface area (Å²) in [6, 6.07) is 0. The average molecular weight is 1730 g/mol. The number of carbonyl (C=O) groups excluding carboxylic acids is 10. The van der Waals surface area contributed by atoms with Crippen molar-refractivity contribution in [2.75, 3.05) is 210 Å². The van der Waals surface area contributed by atoms with Crippen LogP contribution in [0.5, 0.6) is 0 Å². The third-order valence-corrected chi connectivity index (χ3v) is 16.9. The second-order valence-electron chi connectivity index (χ2n) is 27.2. The molecule has 700 valence electrons. The Morgan fingerprint density at radius 3 is 0.717 bits per heavy atom. The summed E-state index contributed by atoms with van der Waals surface area (Å²) in [7, 11) is 0. The first-order valence-corrected chi connectivity index (χ1v) is 43.1. The lowest BCUT2D eigenvalue weighted by Crippen LogP contribution is -2.46. The van der Waals surface area contributed by atoms with Gasteiger partial charge in [-0.05, 0) is 130 Å². The highest BCUT2D eigenvalue weighted by Gasteiger charge is 2.24. The van der Waals surface area contributed by atoms with E-state index in [1.165, 1.54) is 4.90 Å². The van der Waals surface area contributed by atoms with Gasteiger partial charge in [-0.25, -0.2) is 19.2 Å². The van der Waals surface area contributed by atoms with Crippen LogP contribution in [0, 0.1) is 0 Å². The summed E-state index contributed by atoms with van der Waals surface area (Å²) in [4.78, 5) is 172. The molecule has 10 amide bonds. The van der Waals surface area contributed by atoms with Crippen LogP contribution in [-0.2, 0) is 85.8 Å². The van der Waals surface area contributed by atoms with Crippen LogP contribution >= 0.6 is 0 Å². The maximum absolute atomic E-state index is 12.9. The van der Waals surface area contributed by atoms with Gasteiger partial charge in [0, 0.05) is 104 Å². The van der Waals surface area contributed by atoms with Crippen molar-refractivity contribution in [3.05, 3.63) is 0 Å². The molecule has 0 fully saturated rings. The van der Waals surface area contributed by atoms with Gasteiger partial charge in [-0.3, -0.25) is 57.7 Å². The maximum atomic E-state index is 12.9. The average Bonchev–Trinajstić information content (AvgIpc) is 0.926. The zero-order chi connectivity index (χ0) is 90.1. The molecule has 0 aliphatic rings. The Balaban J connectivity index is -0.00000105. The van der Waals surface area contributed by atoms with E-state index in [1.54, 1.807) is 4.90 Å². The first-order valence-electron chi connectivity index (χ1n) is 43.1. The fourth-order valence-electron chi connectivity index (χ4n) is 10.3. The number of carbonyl (C=O) groups is 14. The summed E-state index contributed by atoms with van der Waals surface area (Å²) in [5.41, 5.74) is 11.0. The highest BCUT2D eigenvalue weighted by Crippen LogP contribution is 2.08. The largest absolute Gasteiger partial charge is 0.481 e. The van der Waals surface area contributed by atoms with Crippen LogP contribution in [0.1, 0.15) is 221 Å². The van der Waals surface area contributed by atoms with E-state index in [9.17, 15) is 67.1 Å². The lowest BCUT2D eigenvalue weighted by atomic mass is 10.1.